The smallest absolute Gasteiger partial charge is 0.335 e. The Hall–Kier alpha value is -3.07. The van der Waals surface area contributed by atoms with E-state index in [1.54, 1.807) is 12.1 Å². The largest absolute Gasteiger partial charge is 0.478 e. The lowest BCUT2D eigenvalue weighted by molar-refractivity contribution is 0.0697. The molecule has 0 amide bonds. The maximum absolute atomic E-state index is 11.0. The van der Waals surface area contributed by atoms with Crippen LogP contribution in [0, 0.1) is 0 Å². The number of benzene rings is 3. The Morgan fingerprint density at radius 2 is 1.23 bits per heavy atom. The Labute approximate surface area is 127 Å². The Morgan fingerprint density at radius 3 is 1.73 bits per heavy atom. The van der Waals surface area contributed by atoms with Gasteiger partial charge in [-0.25, -0.2) is 4.79 Å². The molecule has 1 heterocycles. The maximum Gasteiger partial charge on any atom is 0.335 e. The van der Waals surface area contributed by atoms with Gasteiger partial charge in [-0.15, -0.1) is 0 Å². The quantitative estimate of drug-likeness (QED) is 0.590. The highest BCUT2D eigenvalue weighted by molar-refractivity contribution is 6.09. The Balaban J connectivity index is 2.06. The lowest BCUT2D eigenvalue weighted by Crippen LogP contribution is -1.98. The molecule has 0 aliphatic heterocycles. The van der Waals surface area contributed by atoms with Gasteiger partial charge in [0.05, 0.1) is 16.6 Å². The van der Waals surface area contributed by atoms with E-state index in [2.05, 4.69) is 28.8 Å². The van der Waals surface area contributed by atoms with E-state index in [1.165, 1.54) is 10.8 Å². The van der Waals surface area contributed by atoms with Gasteiger partial charge in [0, 0.05) is 16.5 Å². The highest BCUT2D eigenvalue weighted by atomic mass is 16.4. The minimum absolute atomic E-state index is 0.296. The molecule has 0 atom stereocenters. The highest BCUT2D eigenvalue weighted by Crippen LogP contribution is 2.31. The van der Waals surface area contributed by atoms with E-state index < -0.39 is 5.97 Å². The zero-order chi connectivity index (χ0) is 15.1. The van der Waals surface area contributed by atoms with E-state index in [9.17, 15) is 4.79 Å². The molecule has 3 heteroatoms. The summed E-state index contributed by atoms with van der Waals surface area (Å²) in [7, 11) is 0. The lowest BCUT2D eigenvalue weighted by Gasteiger charge is -2.08. The Kier molecular flexibility index (Phi) is 2.73. The molecule has 0 fully saturated rings. The lowest BCUT2D eigenvalue weighted by atomic mass is 10.2. The van der Waals surface area contributed by atoms with Gasteiger partial charge in [0.15, 0.2) is 0 Å². The Bertz CT molecular complexity index is 944. The number of aromatic nitrogens is 1. The number of carbonyl (C=O) groups is 1. The summed E-state index contributed by atoms with van der Waals surface area (Å²) in [5.41, 5.74) is 3.49. The van der Waals surface area contributed by atoms with Crippen LogP contribution in [-0.2, 0) is 0 Å². The molecule has 1 aromatic heterocycles. The predicted octanol–water partition coefficient (Wildman–Crippen LogP) is 4.48. The molecule has 22 heavy (non-hydrogen) atoms. The number of nitrogens with zero attached hydrogens (tertiary/aromatic N) is 1. The van der Waals surface area contributed by atoms with Gasteiger partial charge < -0.3 is 9.67 Å². The fraction of sp³-hybridized carbons (Fsp3) is 0. The molecule has 0 spiro atoms. The van der Waals surface area contributed by atoms with E-state index in [1.807, 2.05) is 36.4 Å². The molecule has 0 aliphatic rings. The van der Waals surface area contributed by atoms with Crippen molar-refractivity contribution in [3.63, 3.8) is 0 Å². The zero-order valence-electron chi connectivity index (χ0n) is 11.7. The van der Waals surface area contributed by atoms with Gasteiger partial charge in [-0.1, -0.05) is 36.4 Å². The summed E-state index contributed by atoms with van der Waals surface area (Å²) >= 11 is 0. The van der Waals surface area contributed by atoms with E-state index in [0.717, 1.165) is 16.7 Å². The standard InChI is InChI=1S/C19H13NO2/c21-19(22)13-9-11-14(12-10-13)20-17-7-3-1-5-15(17)16-6-2-4-8-18(16)20/h1-12H,(H,21,22). The minimum atomic E-state index is -0.909. The molecular formula is C19H13NO2. The van der Waals surface area contributed by atoms with Crippen LogP contribution in [0.4, 0.5) is 0 Å². The summed E-state index contributed by atoms with van der Waals surface area (Å²) in [5, 5.41) is 11.4. The van der Waals surface area contributed by atoms with Crippen molar-refractivity contribution in [1.29, 1.82) is 0 Å². The fourth-order valence-corrected chi connectivity index (χ4v) is 2.95. The fourth-order valence-electron chi connectivity index (χ4n) is 2.95. The first kappa shape index (κ1) is 12.7. The van der Waals surface area contributed by atoms with Crippen LogP contribution >= 0.6 is 0 Å². The number of fused-ring (bicyclic) bond motifs is 3. The van der Waals surface area contributed by atoms with Crippen LogP contribution in [0.3, 0.4) is 0 Å². The molecule has 0 radical (unpaired) electrons. The first-order chi connectivity index (χ1) is 10.8. The average molecular weight is 287 g/mol. The van der Waals surface area contributed by atoms with Gasteiger partial charge in [0.1, 0.15) is 0 Å². The molecule has 0 saturated carbocycles. The first-order valence-corrected chi connectivity index (χ1v) is 7.07. The number of carboxylic acids is 1. The number of rotatable bonds is 2. The second-order valence-electron chi connectivity index (χ2n) is 5.22. The third-order valence-electron chi connectivity index (χ3n) is 3.95. The molecule has 3 aromatic carbocycles. The maximum atomic E-state index is 11.0. The van der Waals surface area contributed by atoms with Crippen LogP contribution in [0.1, 0.15) is 10.4 Å². The van der Waals surface area contributed by atoms with Crippen LogP contribution in [0.2, 0.25) is 0 Å². The summed E-state index contributed by atoms with van der Waals surface area (Å²) in [5.74, 6) is -0.909. The molecule has 4 aromatic rings. The van der Waals surface area contributed by atoms with E-state index in [4.69, 9.17) is 5.11 Å². The molecular weight excluding hydrogens is 274 g/mol. The van der Waals surface area contributed by atoms with Crippen molar-refractivity contribution in [2.24, 2.45) is 0 Å². The van der Waals surface area contributed by atoms with Crippen molar-refractivity contribution < 1.29 is 9.90 Å². The third kappa shape index (κ3) is 1.79. The monoisotopic (exact) mass is 287 g/mol. The van der Waals surface area contributed by atoms with Gasteiger partial charge in [-0.2, -0.15) is 0 Å². The third-order valence-corrected chi connectivity index (χ3v) is 3.95. The summed E-state index contributed by atoms with van der Waals surface area (Å²) in [6, 6.07) is 23.5. The molecule has 0 bridgehead atoms. The highest BCUT2D eigenvalue weighted by Gasteiger charge is 2.11. The molecule has 3 nitrogen and oxygen atoms in total. The van der Waals surface area contributed by atoms with Crippen LogP contribution in [0.5, 0.6) is 0 Å². The Morgan fingerprint density at radius 1 is 0.727 bits per heavy atom. The van der Waals surface area contributed by atoms with Crippen LogP contribution in [0.15, 0.2) is 72.8 Å². The zero-order valence-corrected chi connectivity index (χ0v) is 11.7. The van der Waals surface area contributed by atoms with Gasteiger partial charge in [-0.05, 0) is 36.4 Å². The summed E-state index contributed by atoms with van der Waals surface area (Å²) in [6.45, 7) is 0. The molecule has 4 rings (SSSR count). The molecule has 106 valence electrons. The molecule has 1 N–H and O–H groups in total. The van der Waals surface area contributed by atoms with Crippen molar-refractivity contribution in [3.8, 4) is 5.69 Å². The summed E-state index contributed by atoms with van der Waals surface area (Å²) in [4.78, 5) is 11.0. The van der Waals surface area contributed by atoms with Crippen molar-refractivity contribution in [3.05, 3.63) is 78.4 Å². The van der Waals surface area contributed by atoms with E-state index in [-0.39, 0.29) is 0 Å². The van der Waals surface area contributed by atoms with E-state index in [0.29, 0.717) is 5.56 Å². The van der Waals surface area contributed by atoms with Crippen molar-refractivity contribution in [2.75, 3.05) is 0 Å². The van der Waals surface area contributed by atoms with Crippen LogP contribution in [-0.4, -0.2) is 15.6 Å². The SMILES string of the molecule is O=C(O)c1ccc(-n2c3ccccc3c3ccccc32)cc1. The van der Waals surface area contributed by atoms with Crippen LogP contribution < -0.4 is 0 Å². The number of para-hydroxylation sites is 2. The second kappa shape index (κ2) is 4.74. The first-order valence-electron chi connectivity index (χ1n) is 7.07. The van der Waals surface area contributed by atoms with Crippen LogP contribution in [0.25, 0.3) is 27.5 Å². The molecule has 0 saturated heterocycles. The topological polar surface area (TPSA) is 42.2 Å². The normalized spacial score (nSPS) is 11.1. The number of hydrogen-bond donors (Lipinski definition) is 1. The summed E-state index contributed by atoms with van der Waals surface area (Å²) in [6.07, 6.45) is 0. The number of aromatic carboxylic acids is 1. The van der Waals surface area contributed by atoms with Crippen molar-refractivity contribution >= 4 is 27.8 Å². The minimum Gasteiger partial charge on any atom is -0.478 e. The van der Waals surface area contributed by atoms with Gasteiger partial charge in [0.25, 0.3) is 0 Å². The van der Waals surface area contributed by atoms with Crippen molar-refractivity contribution in [1.82, 2.24) is 4.57 Å². The van der Waals surface area contributed by atoms with Crippen molar-refractivity contribution in [2.45, 2.75) is 0 Å². The van der Waals surface area contributed by atoms with E-state index >= 15 is 0 Å². The van der Waals surface area contributed by atoms with Gasteiger partial charge >= 0.3 is 5.97 Å². The average Bonchev–Trinajstić information content (AvgIpc) is 2.89. The van der Waals surface area contributed by atoms with Gasteiger partial charge in [0.2, 0.25) is 0 Å². The number of hydrogen-bond acceptors (Lipinski definition) is 1. The molecule has 0 unspecified atom stereocenters. The number of carboxylic acid groups (broad SMARTS) is 1. The summed E-state index contributed by atoms with van der Waals surface area (Å²) < 4.78 is 2.16. The van der Waals surface area contributed by atoms with Gasteiger partial charge in [-0.3, -0.25) is 0 Å². The second-order valence-corrected chi connectivity index (χ2v) is 5.22. The molecule has 0 aliphatic carbocycles. The predicted molar refractivity (Wildman–Crippen MR) is 87.7 cm³/mol.